The molecular weight excluding hydrogens is 373 g/mol. The highest BCUT2D eigenvalue weighted by Crippen LogP contribution is 2.27. The Morgan fingerprint density at radius 2 is 2.20 bits per heavy atom. The van der Waals surface area contributed by atoms with Gasteiger partial charge in [-0.2, -0.15) is 0 Å². The van der Waals surface area contributed by atoms with Crippen molar-refractivity contribution < 1.29 is 0 Å². The second kappa shape index (κ2) is 4.01. The molecule has 0 saturated heterocycles. The summed E-state index contributed by atoms with van der Waals surface area (Å²) in [5, 5.41) is 0. The average Bonchev–Trinajstić information content (AvgIpc) is 1.88. The molecular formula is C6H4Br2IN. The Hall–Kier alpha value is 0.840. The Balaban J connectivity index is 2.96. The molecule has 0 fully saturated rings. The molecule has 0 atom stereocenters. The van der Waals surface area contributed by atoms with Crippen molar-refractivity contribution >= 4 is 54.5 Å². The molecule has 0 N–H and O–H groups in total. The van der Waals surface area contributed by atoms with Crippen LogP contribution < -0.4 is 0 Å². The minimum atomic E-state index is 0.162. The topological polar surface area (TPSA) is 12.9 Å². The molecule has 0 spiro atoms. The van der Waals surface area contributed by atoms with Crippen LogP contribution >= 0.6 is 54.5 Å². The van der Waals surface area contributed by atoms with Crippen molar-refractivity contribution in [2.24, 2.45) is 0 Å². The SMILES string of the molecule is BrC(Br)c1cc(I)ccn1. The first kappa shape index (κ1) is 8.93. The van der Waals surface area contributed by atoms with Crippen LogP contribution in [0.3, 0.4) is 0 Å². The number of alkyl halides is 2. The molecule has 0 amide bonds. The van der Waals surface area contributed by atoms with Gasteiger partial charge in [0, 0.05) is 9.77 Å². The Kier molecular flexibility index (Phi) is 3.59. The molecule has 54 valence electrons. The van der Waals surface area contributed by atoms with Gasteiger partial charge in [0.25, 0.3) is 0 Å². The third-order valence-corrected chi connectivity index (χ3v) is 2.58. The fraction of sp³-hybridized carbons (Fsp3) is 0.167. The number of pyridine rings is 1. The monoisotopic (exact) mass is 375 g/mol. The summed E-state index contributed by atoms with van der Waals surface area (Å²) in [6.45, 7) is 0. The summed E-state index contributed by atoms with van der Waals surface area (Å²) in [6.07, 6.45) is 1.80. The molecule has 0 aromatic carbocycles. The van der Waals surface area contributed by atoms with Crippen molar-refractivity contribution in [3.8, 4) is 0 Å². The zero-order valence-corrected chi connectivity index (χ0v) is 10.2. The molecule has 0 aliphatic heterocycles. The van der Waals surface area contributed by atoms with Crippen LogP contribution in [0, 0.1) is 3.57 Å². The van der Waals surface area contributed by atoms with E-state index in [9.17, 15) is 0 Å². The Morgan fingerprint density at radius 3 is 2.60 bits per heavy atom. The van der Waals surface area contributed by atoms with Crippen molar-refractivity contribution in [3.63, 3.8) is 0 Å². The van der Waals surface area contributed by atoms with E-state index in [-0.39, 0.29) is 3.74 Å². The third kappa shape index (κ3) is 2.47. The molecule has 0 aliphatic rings. The van der Waals surface area contributed by atoms with Crippen LogP contribution in [0.2, 0.25) is 0 Å². The first-order valence-electron chi connectivity index (χ1n) is 2.60. The molecule has 1 heterocycles. The zero-order chi connectivity index (χ0) is 7.56. The highest BCUT2D eigenvalue weighted by atomic mass is 127. The second-order valence-corrected chi connectivity index (χ2v) is 6.01. The van der Waals surface area contributed by atoms with Gasteiger partial charge in [0.2, 0.25) is 0 Å². The maximum absolute atomic E-state index is 4.14. The van der Waals surface area contributed by atoms with E-state index < -0.39 is 0 Å². The molecule has 0 radical (unpaired) electrons. The lowest BCUT2D eigenvalue weighted by Gasteiger charge is -1.99. The predicted octanol–water partition coefficient (Wildman–Crippen LogP) is 3.47. The van der Waals surface area contributed by atoms with Gasteiger partial charge < -0.3 is 0 Å². The molecule has 10 heavy (non-hydrogen) atoms. The summed E-state index contributed by atoms with van der Waals surface area (Å²) in [5.74, 6) is 0. The van der Waals surface area contributed by atoms with Crippen molar-refractivity contribution in [3.05, 3.63) is 27.6 Å². The molecule has 1 aromatic rings. The molecule has 0 bridgehead atoms. The lowest BCUT2D eigenvalue weighted by molar-refractivity contribution is 1.17. The van der Waals surface area contributed by atoms with Crippen molar-refractivity contribution in [1.82, 2.24) is 4.98 Å². The summed E-state index contributed by atoms with van der Waals surface area (Å²) in [6, 6.07) is 3.99. The van der Waals surface area contributed by atoms with Crippen molar-refractivity contribution in [1.29, 1.82) is 0 Å². The zero-order valence-electron chi connectivity index (χ0n) is 4.89. The van der Waals surface area contributed by atoms with Gasteiger partial charge in [-0.25, -0.2) is 0 Å². The van der Waals surface area contributed by atoms with E-state index in [1.807, 2.05) is 12.1 Å². The van der Waals surface area contributed by atoms with E-state index in [0.717, 1.165) is 5.69 Å². The van der Waals surface area contributed by atoms with Gasteiger partial charge in [0.15, 0.2) is 0 Å². The van der Waals surface area contributed by atoms with E-state index in [0.29, 0.717) is 0 Å². The average molecular weight is 377 g/mol. The number of halogens is 3. The number of hydrogen-bond donors (Lipinski definition) is 0. The van der Waals surface area contributed by atoms with Crippen LogP contribution in [0.5, 0.6) is 0 Å². The van der Waals surface area contributed by atoms with Crippen LogP contribution in [0.4, 0.5) is 0 Å². The van der Waals surface area contributed by atoms with Gasteiger partial charge in [0.05, 0.1) is 5.69 Å². The summed E-state index contributed by atoms with van der Waals surface area (Å²) in [7, 11) is 0. The minimum Gasteiger partial charge on any atom is -0.259 e. The van der Waals surface area contributed by atoms with Crippen LogP contribution in [0.1, 0.15) is 9.43 Å². The van der Waals surface area contributed by atoms with Gasteiger partial charge in [0.1, 0.15) is 3.74 Å². The predicted molar refractivity (Wildman–Crippen MR) is 57.5 cm³/mol. The first-order chi connectivity index (χ1) is 4.70. The molecule has 1 aromatic heterocycles. The van der Waals surface area contributed by atoms with Gasteiger partial charge in [-0.1, -0.05) is 31.9 Å². The van der Waals surface area contributed by atoms with E-state index in [1.165, 1.54) is 3.57 Å². The molecule has 1 rings (SSSR count). The Labute approximate surface area is 90.0 Å². The van der Waals surface area contributed by atoms with Crippen molar-refractivity contribution in [2.75, 3.05) is 0 Å². The largest absolute Gasteiger partial charge is 0.259 e. The summed E-state index contributed by atoms with van der Waals surface area (Å²) in [4.78, 5) is 4.14. The molecule has 1 nitrogen and oxygen atoms in total. The van der Waals surface area contributed by atoms with Crippen LogP contribution in [-0.4, -0.2) is 4.98 Å². The number of aromatic nitrogens is 1. The van der Waals surface area contributed by atoms with Gasteiger partial charge in [-0.3, -0.25) is 4.98 Å². The molecule has 0 unspecified atom stereocenters. The maximum atomic E-state index is 4.14. The van der Waals surface area contributed by atoms with Gasteiger partial charge in [-0.15, -0.1) is 0 Å². The van der Waals surface area contributed by atoms with Gasteiger partial charge >= 0.3 is 0 Å². The number of rotatable bonds is 1. The third-order valence-electron chi connectivity index (χ3n) is 0.967. The van der Waals surface area contributed by atoms with E-state index in [1.54, 1.807) is 6.20 Å². The normalized spacial score (nSPS) is 10.4. The minimum absolute atomic E-state index is 0.162. The van der Waals surface area contributed by atoms with Crippen LogP contribution in [-0.2, 0) is 0 Å². The molecule has 0 aliphatic carbocycles. The van der Waals surface area contributed by atoms with E-state index >= 15 is 0 Å². The highest BCUT2D eigenvalue weighted by molar-refractivity contribution is 14.1. The standard InChI is InChI=1S/C6H4Br2IN/c7-6(8)5-3-4(9)1-2-10-5/h1-3,6H. The first-order valence-corrected chi connectivity index (χ1v) is 5.51. The lowest BCUT2D eigenvalue weighted by Crippen LogP contribution is -1.86. The quantitative estimate of drug-likeness (QED) is 0.540. The number of hydrogen-bond acceptors (Lipinski definition) is 1. The second-order valence-electron chi connectivity index (χ2n) is 1.70. The fourth-order valence-corrected chi connectivity index (χ4v) is 1.52. The molecule has 0 saturated carbocycles. The summed E-state index contributed by atoms with van der Waals surface area (Å²) >= 11 is 8.99. The van der Waals surface area contributed by atoms with Gasteiger partial charge in [-0.05, 0) is 34.7 Å². The molecule has 4 heteroatoms. The van der Waals surface area contributed by atoms with E-state index in [4.69, 9.17) is 0 Å². The van der Waals surface area contributed by atoms with Crippen molar-refractivity contribution in [2.45, 2.75) is 3.74 Å². The highest BCUT2D eigenvalue weighted by Gasteiger charge is 2.02. The van der Waals surface area contributed by atoms with Crippen LogP contribution in [0.25, 0.3) is 0 Å². The Bertz CT molecular complexity index is 227. The van der Waals surface area contributed by atoms with Crippen LogP contribution in [0.15, 0.2) is 18.3 Å². The lowest BCUT2D eigenvalue weighted by atomic mass is 10.4. The van der Waals surface area contributed by atoms with E-state index in [2.05, 4.69) is 59.4 Å². The summed E-state index contributed by atoms with van der Waals surface area (Å²) in [5.41, 5.74) is 1.01. The summed E-state index contributed by atoms with van der Waals surface area (Å²) < 4.78 is 1.36. The fourth-order valence-electron chi connectivity index (χ4n) is 0.541. The smallest absolute Gasteiger partial charge is 0.112 e. The Morgan fingerprint density at radius 1 is 1.50 bits per heavy atom. The number of nitrogens with zero attached hydrogens (tertiary/aromatic N) is 1. The maximum Gasteiger partial charge on any atom is 0.112 e.